The van der Waals surface area contributed by atoms with E-state index in [1.807, 2.05) is 29.6 Å². The van der Waals surface area contributed by atoms with Crippen molar-refractivity contribution in [1.82, 2.24) is 10.3 Å². The largest absolute Gasteiger partial charge is 0.454 e. The third-order valence-corrected chi connectivity index (χ3v) is 5.61. The van der Waals surface area contributed by atoms with E-state index in [-0.39, 0.29) is 17.8 Å². The molecule has 8 heteroatoms. The van der Waals surface area contributed by atoms with Crippen LogP contribution in [-0.2, 0) is 0 Å². The first-order valence-electron chi connectivity index (χ1n) is 9.13. The number of hydrogen-bond donors (Lipinski definition) is 2. The number of aromatic nitrogens is 1. The normalized spacial score (nSPS) is 12.0. The Kier molecular flexibility index (Phi) is 4.78. The van der Waals surface area contributed by atoms with Gasteiger partial charge in [-0.25, -0.2) is 4.98 Å². The number of thiazole rings is 1. The molecule has 0 bridgehead atoms. The maximum absolute atomic E-state index is 12.5. The highest BCUT2D eigenvalue weighted by atomic mass is 32.1. The molecule has 1 aliphatic heterocycles. The fourth-order valence-corrected chi connectivity index (χ4v) is 4.21. The average molecular weight is 434 g/mol. The molecule has 6 nitrogen and oxygen atoms in total. The number of amides is 1. The first kappa shape index (κ1) is 18.5. The molecule has 0 radical (unpaired) electrons. The fourth-order valence-electron chi connectivity index (χ4n) is 3.25. The van der Waals surface area contributed by atoms with Gasteiger partial charge in [-0.3, -0.25) is 10.1 Å². The summed E-state index contributed by atoms with van der Waals surface area (Å²) in [7, 11) is 0. The molecule has 3 aromatic carbocycles. The Morgan fingerprint density at radius 3 is 2.80 bits per heavy atom. The second kappa shape index (κ2) is 7.74. The van der Waals surface area contributed by atoms with Crippen LogP contribution in [0.3, 0.4) is 0 Å². The molecule has 0 unspecified atom stereocenters. The molecular formula is C22H15N3O3S2. The Bertz CT molecular complexity index is 1280. The molecule has 2 heterocycles. The van der Waals surface area contributed by atoms with Crippen molar-refractivity contribution in [3.63, 3.8) is 0 Å². The minimum Gasteiger partial charge on any atom is -0.454 e. The third kappa shape index (κ3) is 3.58. The van der Waals surface area contributed by atoms with E-state index in [9.17, 15) is 4.79 Å². The molecule has 148 valence electrons. The summed E-state index contributed by atoms with van der Waals surface area (Å²) in [4.78, 5) is 17.1. The van der Waals surface area contributed by atoms with E-state index >= 15 is 0 Å². The molecule has 0 fully saturated rings. The molecule has 2 N–H and O–H groups in total. The van der Waals surface area contributed by atoms with Gasteiger partial charge < -0.3 is 14.8 Å². The number of benzene rings is 3. The van der Waals surface area contributed by atoms with Crippen LogP contribution in [-0.4, -0.2) is 22.8 Å². The van der Waals surface area contributed by atoms with Crippen LogP contribution in [0.5, 0.6) is 11.5 Å². The summed E-state index contributed by atoms with van der Waals surface area (Å²) in [5, 5.41) is 10.7. The lowest BCUT2D eigenvalue weighted by atomic mass is 10.0. The minimum absolute atomic E-state index is 0.156. The zero-order valence-electron chi connectivity index (χ0n) is 15.5. The highest BCUT2D eigenvalue weighted by molar-refractivity contribution is 7.80. The lowest BCUT2D eigenvalue weighted by molar-refractivity contribution is 0.0977. The van der Waals surface area contributed by atoms with Crippen LogP contribution < -0.4 is 20.1 Å². The first-order chi connectivity index (χ1) is 14.7. The van der Waals surface area contributed by atoms with Gasteiger partial charge in [0.1, 0.15) is 0 Å². The van der Waals surface area contributed by atoms with Gasteiger partial charge in [0.15, 0.2) is 21.7 Å². The molecule has 1 aromatic heterocycles. The summed E-state index contributed by atoms with van der Waals surface area (Å²) in [5.41, 5.74) is 2.33. The van der Waals surface area contributed by atoms with Crippen molar-refractivity contribution in [1.29, 1.82) is 0 Å². The minimum atomic E-state index is -0.336. The number of nitrogens with zero attached hydrogens (tertiary/aromatic N) is 1. The smallest absolute Gasteiger partial charge is 0.257 e. The van der Waals surface area contributed by atoms with Crippen molar-refractivity contribution < 1.29 is 14.3 Å². The highest BCUT2D eigenvalue weighted by Gasteiger charge is 2.17. The van der Waals surface area contributed by atoms with Crippen molar-refractivity contribution in [3.8, 4) is 22.8 Å². The SMILES string of the molecule is O=C(NC(=S)Nc1nc(-c2cccc3ccccc23)cs1)c1ccc2c(c1)OCO2. The van der Waals surface area contributed by atoms with Gasteiger partial charge in [-0.2, -0.15) is 0 Å². The summed E-state index contributed by atoms with van der Waals surface area (Å²) in [5.74, 6) is 0.828. The number of ether oxygens (including phenoxy) is 2. The van der Waals surface area contributed by atoms with Gasteiger partial charge in [-0.15, -0.1) is 11.3 Å². The van der Waals surface area contributed by atoms with Crippen LogP contribution in [0.1, 0.15) is 10.4 Å². The molecular weight excluding hydrogens is 418 g/mol. The molecule has 0 aliphatic carbocycles. The fraction of sp³-hybridized carbons (Fsp3) is 0.0455. The number of fused-ring (bicyclic) bond motifs is 2. The molecule has 1 aliphatic rings. The van der Waals surface area contributed by atoms with Crippen LogP contribution in [0.15, 0.2) is 66.0 Å². The van der Waals surface area contributed by atoms with Gasteiger partial charge in [0.2, 0.25) is 6.79 Å². The lowest BCUT2D eigenvalue weighted by Gasteiger charge is -2.08. The summed E-state index contributed by atoms with van der Waals surface area (Å²) in [6, 6.07) is 19.3. The van der Waals surface area contributed by atoms with Crippen molar-refractivity contribution in [2.45, 2.75) is 0 Å². The van der Waals surface area contributed by atoms with E-state index in [1.165, 1.54) is 11.3 Å². The summed E-state index contributed by atoms with van der Waals surface area (Å²) >= 11 is 6.71. The van der Waals surface area contributed by atoms with Crippen molar-refractivity contribution in [2.75, 3.05) is 12.1 Å². The molecule has 30 heavy (non-hydrogen) atoms. The van der Waals surface area contributed by atoms with Gasteiger partial charge >= 0.3 is 0 Å². The number of carbonyl (C=O) groups is 1. The van der Waals surface area contributed by atoms with Crippen LogP contribution in [0, 0.1) is 0 Å². The maximum Gasteiger partial charge on any atom is 0.257 e. The van der Waals surface area contributed by atoms with E-state index in [1.54, 1.807) is 18.2 Å². The van der Waals surface area contributed by atoms with Crippen molar-refractivity contribution in [3.05, 3.63) is 71.6 Å². The zero-order valence-corrected chi connectivity index (χ0v) is 17.2. The van der Waals surface area contributed by atoms with Gasteiger partial charge in [0.05, 0.1) is 5.69 Å². The Hall–Kier alpha value is -3.49. The van der Waals surface area contributed by atoms with E-state index in [0.717, 1.165) is 22.0 Å². The second-order valence-corrected chi connectivity index (χ2v) is 7.81. The molecule has 0 atom stereocenters. The number of nitrogens with one attached hydrogen (secondary N) is 2. The Morgan fingerprint density at radius 2 is 1.87 bits per heavy atom. The summed E-state index contributed by atoms with van der Waals surface area (Å²) < 4.78 is 10.6. The number of carbonyl (C=O) groups excluding carboxylic acids is 1. The quantitative estimate of drug-likeness (QED) is 0.452. The van der Waals surface area contributed by atoms with Crippen LogP contribution >= 0.6 is 23.6 Å². The van der Waals surface area contributed by atoms with Crippen LogP contribution in [0.2, 0.25) is 0 Å². The summed E-state index contributed by atoms with van der Waals surface area (Å²) in [6.07, 6.45) is 0. The van der Waals surface area contributed by atoms with Crippen molar-refractivity contribution >= 4 is 50.5 Å². The first-order valence-corrected chi connectivity index (χ1v) is 10.4. The highest BCUT2D eigenvalue weighted by Crippen LogP contribution is 2.33. The topological polar surface area (TPSA) is 72.5 Å². The second-order valence-electron chi connectivity index (χ2n) is 6.54. The summed E-state index contributed by atoms with van der Waals surface area (Å²) in [6.45, 7) is 0.156. The Labute approximate surface area is 181 Å². The molecule has 5 rings (SSSR count). The molecule has 0 saturated heterocycles. The standard InChI is InChI=1S/C22H15N3O3S2/c26-20(14-8-9-18-19(10-14)28-12-27-18)24-21(29)25-22-23-17(11-30-22)16-7-3-5-13-4-1-2-6-15(13)16/h1-11H,12H2,(H2,23,24,25,26,29). The number of hydrogen-bond acceptors (Lipinski definition) is 6. The van der Waals surface area contributed by atoms with Crippen LogP contribution in [0.25, 0.3) is 22.0 Å². The number of anilines is 1. The van der Waals surface area contributed by atoms with E-state index in [2.05, 4.69) is 33.8 Å². The van der Waals surface area contributed by atoms with E-state index < -0.39 is 0 Å². The maximum atomic E-state index is 12.5. The van der Waals surface area contributed by atoms with Crippen LogP contribution in [0.4, 0.5) is 5.13 Å². The molecule has 0 spiro atoms. The number of thiocarbonyl (C=S) groups is 1. The predicted octanol–water partition coefficient (Wildman–Crippen LogP) is 4.82. The Morgan fingerprint density at radius 1 is 1.03 bits per heavy atom. The Balaban J connectivity index is 1.29. The third-order valence-electron chi connectivity index (χ3n) is 4.65. The zero-order chi connectivity index (χ0) is 20.5. The average Bonchev–Trinajstić information content (AvgIpc) is 3.42. The van der Waals surface area contributed by atoms with Gasteiger partial charge in [-0.1, -0.05) is 42.5 Å². The van der Waals surface area contributed by atoms with Gasteiger partial charge in [0.25, 0.3) is 5.91 Å². The van der Waals surface area contributed by atoms with Gasteiger partial charge in [-0.05, 0) is 41.2 Å². The predicted molar refractivity (Wildman–Crippen MR) is 121 cm³/mol. The van der Waals surface area contributed by atoms with E-state index in [0.29, 0.717) is 22.2 Å². The molecule has 1 amide bonds. The molecule has 4 aromatic rings. The van der Waals surface area contributed by atoms with Crippen molar-refractivity contribution in [2.24, 2.45) is 0 Å². The number of rotatable bonds is 3. The lowest BCUT2D eigenvalue weighted by Crippen LogP contribution is -2.34. The van der Waals surface area contributed by atoms with E-state index in [4.69, 9.17) is 21.7 Å². The molecule has 0 saturated carbocycles. The monoisotopic (exact) mass is 433 g/mol. The van der Waals surface area contributed by atoms with Gasteiger partial charge in [0, 0.05) is 16.5 Å².